The topological polar surface area (TPSA) is 335 Å². The molecule has 2 aromatic carbocycles. The molecule has 456 valence electrons. The zero-order valence-corrected chi connectivity index (χ0v) is 47.9. The van der Waals surface area contributed by atoms with Crippen LogP contribution in [0.4, 0.5) is 0 Å². The van der Waals surface area contributed by atoms with E-state index in [0.29, 0.717) is 0 Å². The van der Waals surface area contributed by atoms with Gasteiger partial charge in [-0.1, -0.05) is 32.1 Å². The number of phenolic OH excluding ortho intramolecular Hbond substituents is 2. The molecule has 2 aliphatic carbocycles. The van der Waals surface area contributed by atoms with Crippen LogP contribution in [0, 0.1) is 30.6 Å². The number of esters is 1. The van der Waals surface area contributed by atoms with Crippen LogP contribution in [0.5, 0.6) is 17.2 Å². The summed E-state index contributed by atoms with van der Waals surface area (Å²) in [7, 11) is 0. The lowest BCUT2D eigenvalue weighted by atomic mass is 9.74. The van der Waals surface area contributed by atoms with Crippen LogP contribution < -0.4 is 4.74 Å². The van der Waals surface area contributed by atoms with E-state index in [9.17, 15) is 55.5 Å². The van der Waals surface area contributed by atoms with Gasteiger partial charge in [0.2, 0.25) is 6.29 Å². The second-order valence-electron chi connectivity index (χ2n) is 23.8. The van der Waals surface area contributed by atoms with Crippen molar-refractivity contribution in [1.29, 1.82) is 0 Å². The highest BCUT2D eigenvalue weighted by atomic mass is 16.7. The molecule has 5 aliphatic heterocycles. The summed E-state index contributed by atoms with van der Waals surface area (Å²) in [5.41, 5.74) is -1.36. The van der Waals surface area contributed by atoms with Gasteiger partial charge in [-0.2, -0.15) is 0 Å². The quantitative estimate of drug-likeness (QED) is 0.0625. The fourth-order valence-corrected chi connectivity index (χ4v) is 12.5. The van der Waals surface area contributed by atoms with Gasteiger partial charge in [-0.05, 0) is 90.8 Å². The molecule has 0 amide bonds. The first-order valence-corrected chi connectivity index (χ1v) is 28.6. The van der Waals surface area contributed by atoms with E-state index < -0.39 is 169 Å². The number of aliphatic hydroxyl groups is 7. The fourth-order valence-electron chi connectivity index (χ4n) is 12.5. The van der Waals surface area contributed by atoms with Crippen LogP contribution in [0.15, 0.2) is 36.4 Å². The highest BCUT2D eigenvalue weighted by Gasteiger charge is 2.60. The summed E-state index contributed by atoms with van der Waals surface area (Å²) in [6, 6.07) is 3.05. The van der Waals surface area contributed by atoms with Crippen LogP contribution in [0.1, 0.15) is 116 Å². The number of carbonyl (C=O) groups excluding carboxylic acids is 3. The molecule has 9 rings (SSSR count). The maximum atomic E-state index is 15.0. The number of aliphatic hydroxyl groups excluding tert-OH is 6. The van der Waals surface area contributed by atoms with Crippen molar-refractivity contribution in [3.63, 3.8) is 0 Å². The van der Waals surface area contributed by atoms with Crippen LogP contribution in [0.2, 0.25) is 0 Å². The first-order valence-electron chi connectivity index (χ1n) is 28.6. The maximum Gasteiger partial charge on any atom is 0.331 e. The van der Waals surface area contributed by atoms with Gasteiger partial charge in [-0.15, -0.1) is 0 Å². The largest absolute Gasteiger partial charge is 0.507 e. The molecule has 2 aromatic rings. The molecule has 1 saturated carbocycles. The van der Waals surface area contributed by atoms with E-state index in [1.165, 1.54) is 52.0 Å². The lowest BCUT2D eigenvalue weighted by Crippen LogP contribution is -2.56. The number of fused-ring (bicyclic) bond motifs is 3. The third-order valence-electron chi connectivity index (χ3n) is 17.7. The molecule has 0 spiro atoms. The molecule has 26 unspecified atom stereocenters. The Morgan fingerprint density at radius 1 is 0.720 bits per heavy atom. The first-order chi connectivity index (χ1) is 38.7. The van der Waals surface area contributed by atoms with Crippen LogP contribution in [0.25, 0.3) is 10.8 Å². The molecule has 7 aliphatic rings. The number of ketones is 2. The average molecular weight is 1160 g/mol. The molecule has 9 N–H and O–H groups in total. The molecule has 5 saturated heterocycles. The van der Waals surface area contributed by atoms with Crippen LogP contribution in [0.3, 0.4) is 0 Å². The van der Waals surface area contributed by atoms with E-state index in [-0.39, 0.29) is 89.7 Å². The summed E-state index contributed by atoms with van der Waals surface area (Å²) >= 11 is 0. The number of hydrogen-bond donors (Lipinski definition) is 9. The highest BCUT2D eigenvalue weighted by molar-refractivity contribution is 6.11. The number of Topliss-reactive ketones (excluding diaryl/α,β-unsaturated/α-hetero) is 2. The van der Waals surface area contributed by atoms with Gasteiger partial charge < -0.3 is 98.1 Å². The normalized spacial score (nSPS) is 41.6. The summed E-state index contributed by atoms with van der Waals surface area (Å²) < 4.78 is 67.8. The second-order valence-corrected chi connectivity index (χ2v) is 23.8. The molecule has 0 bridgehead atoms. The van der Waals surface area contributed by atoms with Crippen LogP contribution in [-0.4, -0.2) is 198 Å². The van der Waals surface area contributed by atoms with E-state index in [4.69, 9.17) is 52.1 Å². The number of ether oxygens (including phenoxy) is 11. The first kappa shape index (κ1) is 62.3. The Labute approximate surface area is 475 Å². The van der Waals surface area contributed by atoms with Gasteiger partial charge in [0.25, 0.3) is 0 Å². The zero-order valence-electron chi connectivity index (χ0n) is 47.9. The molecule has 23 nitrogen and oxygen atoms in total. The predicted octanol–water partition coefficient (Wildman–Crippen LogP) is 2.94. The standard InChI is InChI=1S/C59H82O23/c1-11-12-13-14-39(61)76-36-19-41(73-27(6)50(36)64)79-37-20-40(72-28(7)51(37)65)77-34-17-32-15-31-16-33(53(67)49(63)23(2)26(5)60)57(55(69)47(31)54(68)46(32)48(62)24(34)3)82-42-21-38(52(66)29(8)74-42)80-43-18-35(45-25(4)56(45)81-43)78-44-22-59(10,71)58(70)30(9)75-44/h11-15,17,23,25-30,33,35-38,40-45,50-53,56-58,60,62,64-68,70-71H,16,18-22H2,1-10H3. The SMILES string of the molecule is CC=CC=CC(=O)OC1CC(OC2CC(Oc3cc4cc5c(c(O)c4c(O)c3C)C(=O)C(OC3CC(OC4CC(OC6CC(C)(O)C(O)C(C)O6)C6C(C)C6O4)C(O)C(C)O3)C(C(O)C(=O)C(C)C(C)O)C5)OC(C)C2O)OC(C)C1O. The van der Waals surface area contributed by atoms with Crippen LogP contribution in [-0.2, 0) is 63.4 Å². The number of aromatic hydroxyl groups is 2. The fraction of sp³-hybridized carbons (Fsp3) is 0.712. The van der Waals surface area contributed by atoms with Crippen molar-refractivity contribution < 1.29 is 112 Å². The van der Waals surface area contributed by atoms with Gasteiger partial charge in [0.15, 0.2) is 36.7 Å². The monoisotopic (exact) mass is 1160 g/mol. The van der Waals surface area contributed by atoms with E-state index in [0.717, 1.165) is 0 Å². The Morgan fingerprint density at radius 3 is 1.89 bits per heavy atom. The van der Waals surface area contributed by atoms with Gasteiger partial charge in [0.1, 0.15) is 60.0 Å². The van der Waals surface area contributed by atoms with E-state index in [2.05, 4.69) is 0 Å². The minimum absolute atomic E-state index is 0.00562. The Hall–Kier alpha value is -4.25. The van der Waals surface area contributed by atoms with Crippen molar-refractivity contribution in [2.75, 3.05) is 0 Å². The Kier molecular flexibility index (Phi) is 19.0. The molecule has 23 heteroatoms. The van der Waals surface area contributed by atoms with Crippen molar-refractivity contribution in [2.24, 2.45) is 23.7 Å². The molecule has 5 heterocycles. The summed E-state index contributed by atoms with van der Waals surface area (Å²) in [6.45, 7) is 16.2. The molecule has 0 aromatic heterocycles. The number of benzene rings is 2. The summed E-state index contributed by atoms with van der Waals surface area (Å²) in [5.74, 6) is -5.53. The van der Waals surface area contributed by atoms with Crippen molar-refractivity contribution in [3.8, 4) is 17.2 Å². The van der Waals surface area contributed by atoms with E-state index in [1.807, 2.05) is 6.92 Å². The smallest absolute Gasteiger partial charge is 0.331 e. The second kappa shape index (κ2) is 25.0. The zero-order chi connectivity index (χ0) is 59.5. The molecule has 82 heavy (non-hydrogen) atoms. The third kappa shape index (κ3) is 12.8. The van der Waals surface area contributed by atoms with Gasteiger partial charge >= 0.3 is 5.97 Å². The minimum Gasteiger partial charge on any atom is -0.507 e. The van der Waals surface area contributed by atoms with E-state index >= 15 is 4.79 Å². The number of hydrogen-bond acceptors (Lipinski definition) is 23. The molecule has 0 radical (unpaired) electrons. The highest BCUT2D eigenvalue weighted by Crippen LogP contribution is 2.52. The summed E-state index contributed by atoms with van der Waals surface area (Å²) in [4.78, 5) is 41.4. The van der Waals surface area contributed by atoms with E-state index in [1.54, 1.807) is 46.8 Å². The molecule has 26 atom stereocenters. The Morgan fingerprint density at radius 2 is 1.27 bits per heavy atom. The lowest BCUT2D eigenvalue weighted by Gasteiger charge is -2.44. The number of allylic oxidation sites excluding steroid dienone is 3. The molecular weight excluding hydrogens is 1080 g/mol. The average Bonchev–Trinajstić information content (AvgIpc) is 1.76. The number of rotatable bonds is 17. The maximum absolute atomic E-state index is 15.0. The lowest BCUT2D eigenvalue weighted by molar-refractivity contribution is -0.314. The van der Waals surface area contributed by atoms with Crippen molar-refractivity contribution in [3.05, 3.63) is 53.1 Å². The predicted molar refractivity (Wildman–Crippen MR) is 286 cm³/mol. The third-order valence-corrected chi connectivity index (χ3v) is 17.7. The van der Waals surface area contributed by atoms with Crippen molar-refractivity contribution in [1.82, 2.24) is 0 Å². The van der Waals surface area contributed by atoms with Crippen molar-refractivity contribution in [2.45, 2.75) is 242 Å². The Bertz CT molecular complexity index is 2690. The molecular formula is C59H82O23. The minimum atomic E-state index is -1.88. The van der Waals surface area contributed by atoms with Gasteiger partial charge in [0.05, 0.1) is 71.5 Å². The summed E-state index contributed by atoms with van der Waals surface area (Å²) in [5, 5.41) is 101. The number of carbonyl (C=O) groups is 3. The number of phenols is 2. The molecule has 6 fully saturated rings. The Balaban J connectivity index is 0.930. The summed E-state index contributed by atoms with van der Waals surface area (Å²) in [6.07, 6.45) is -15.4. The van der Waals surface area contributed by atoms with Gasteiger partial charge in [-0.25, -0.2) is 4.79 Å². The van der Waals surface area contributed by atoms with Crippen molar-refractivity contribution >= 4 is 28.3 Å². The van der Waals surface area contributed by atoms with Gasteiger partial charge in [-0.3, -0.25) is 9.59 Å². The van der Waals surface area contributed by atoms with Crippen LogP contribution >= 0.6 is 0 Å². The van der Waals surface area contributed by atoms with Gasteiger partial charge in [0, 0.05) is 61.5 Å².